The molecular weight excluding hydrogens is 234 g/mol. The van der Waals surface area contributed by atoms with Crippen molar-refractivity contribution in [2.24, 2.45) is 5.92 Å². The van der Waals surface area contributed by atoms with E-state index in [-0.39, 0.29) is 12.5 Å². The molecule has 1 saturated heterocycles. The molecule has 0 bridgehead atoms. The number of nitrogens with one attached hydrogen (secondary N) is 1. The molecule has 100 valence electrons. The van der Waals surface area contributed by atoms with E-state index in [0.717, 1.165) is 25.9 Å². The molecule has 0 saturated carbocycles. The predicted molar refractivity (Wildman–Crippen MR) is 79.4 cm³/mol. The summed E-state index contributed by atoms with van der Waals surface area (Å²) in [6.07, 6.45) is 2.32. The molecule has 2 N–H and O–H groups in total. The van der Waals surface area contributed by atoms with Crippen LogP contribution in [-0.2, 0) is 0 Å². The summed E-state index contributed by atoms with van der Waals surface area (Å²) in [4.78, 5) is 0. The van der Waals surface area contributed by atoms with Crippen LogP contribution in [0.1, 0.15) is 24.3 Å². The van der Waals surface area contributed by atoms with E-state index in [1.54, 1.807) is 0 Å². The van der Waals surface area contributed by atoms with Crippen molar-refractivity contribution in [2.75, 3.05) is 19.7 Å². The van der Waals surface area contributed by atoms with Crippen LogP contribution in [0.2, 0.25) is 0 Å². The fraction of sp³-hybridized carbons (Fsp3) is 0.412. The van der Waals surface area contributed by atoms with Crippen LogP contribution in [0, 0.1) is 5.92 Å². The van der Waals surface area contributed by atoms with Crippen LogP contribution in [0.15, 0.2) is 42.5 Å². The van der Waals surface area contributed by atoms with Gasteiger partial charge in [0.15, 0.2) is 0 Å². The normalized spacial score (nSPS) is 18.6. The lowest BCUT2D eigenvalue weighted by Gasteiger charge is -2.30. The van der Waals surface area contributed by atoms with Gasteiger partial charge in [0.1, 0.15) is 0 Å². The maximum atomic E-state index is 9.87. The first-order valence-corrected chi connectivity index (χ1v) is 7.19. The molecular formula is C17H21NO. The van der Waals surface area contributed by atoms with E-state index in [1.807, 2.05) is 0 Å². The molecule has 2 nitrogen and oxygen atoms in total. The Morgan fingerprint density at radius 1 is 1.05 bits per heavy atom. The number of aliphatic hydroxyl groups is 1. The lowest BCUT2D eigenvalue weighted by Crippen LogP contribution is -2.32. The molecule has 1 aliphatic rings. The first kappa shape index (κ1) is 12.6. The van der Waals surface area contributed by atoms with Crippen molar-refractivity contribution in [1.29, 1.82) is 0 Å². The zero-order valence-electron chi connectivity index (χ0n) is 11.2. The fourth-order valence-corrected chi connectivity index (χ4v) is 3.32. The van der Waals surface area contributed by atoms with Gasteiger partial charge in [0, 0.05) is 5.92 Å². The summed E-state index contributed by atoms with van der Waals surface area (Å²) in [5.41, 5.74) is 1.31. The van der Waals surface area contributed by atoms with Gasteiger partial charge >= 0.3 is 0 Å². The maximum Gasteiger partial charge on any atom is 0.0502 e. The average molecular weight is 255 g/mol. The van der Waals surface area contributed by atoms with Crippen molar-refractivity contribution in [3.63, 3.8) is 0 Å². The van der Waals surface area contributed by atoms with Crippen molar-refractivity contribution < 1.29 is 5.11 Å². The van der Waals surface area contributed by atoms with Gasteiger partial charge in [-0.2, -0.15) is 0 Å². The van der Waals surface area contributed by atoms with E-state index < -0.39 is 0 Å². The molecule has 2 aromatic rings. The second-order valence-corrected chi connectivity index (χ2v) is 5.44. The minimum absolute atomic E-state index is 0.249. The van der Waals surface area contributed by atoms with Crippen LogP contribution in [0.25, 0.3) is 10.8 Å². The third-order valence-electron chi connectivity index (χ3n) is 4.37. The molecule has 3 rings (SSSR count). The van der Waals surface area contributed by atoms with E-state index in [2.05, 4.69) is 47.8 Å². The van der Waals surface area contributed by atoms with Gasteiger partial charge in [0.25, 0.3) is 0 Å². The number of aliphatic hydroxyl groups excluding tert-OH is 1. The molecule has 0 amide bonds. The Morgan fingerprint density at radius 3 is 2.58 bits per heavy atom. The number of hydrogen-bond donors (Lipinski definition) is 2. The van der Waals surface area contributed by atoms with Gasteiger partial charge in [-0.15, -0.1) is 0 Å². The number of hydrogen-bond acceptors (Lipinski definition) is 2. The topological polar surface area (TPSA) is 32.3 Å². The molecule has 1 unspecified atom stereocenters. The van der Waals surface area contributed by atoms with Crippen molar-refractivity contribution in [3.05, 3.63) is 48.0 Å². The highest BCUT2D eigenvalue weighted by molar-refractivity contribution is 5.86. The van der Waals surface area contributed by atoms with Crippen LogP contribution < -0.4 is 5.32 Å². The molecule has 0 radical (unpaired) electrons. The van der Waals surface area contributed by atoms with E-state index in [4.69, 9.17) is 0 Å². The quantitative estimate of drug-likeness (QED) is 0.884. The molecule has 1 heterocycles. The first-order valence-electron chi connectivity index (χ1n) is 7.19. The second-order valence-electron chi connectivity index (χ2n) is 5.44. The Balaban J connectivity index is 2.00. The molecule has 1 atom stereocenters. The second kappa shape index (κ2) is 5.72. The summed E-state index contributed by atoms with van der Waals surface area (Å²) in [7, 11) is 0. The number of fused-ring (bicyclic) bond motifs is 1. The molecule has 0 aliphatic carbocycles. The van der Waals surface area contributed by atoms with Crippen molar-refractivity contribution in [1.82, 2.24) is 5.32 Å². The molecule has 0 aromatic heterocycles. The minimum atomic E-state index is 0.249. The molecule has 1 fully saturated rings. The molecule has 1 aliphatic heterocycles. The number of benzene rings is 2. The zero-order chi connectivity index (χ0) is 13.1. The SMILES string of the molecule is OCC(c1cccc2ccccc12)C1CCNCC1. The number of rotatable bonds is 3. The largest absolute Gasteiger partial charge is 0.396 e. The lowest BCUT2D eigenvalue weighted by molar-refractivity contribution is 0.202. The zero-order valence-corrected chi connectivity index (χ0v) is 11.2. The van der Waals surface area contributed by atoms with E-state index in [9.17, 15) is 5.11 Å². The van der Waals surface area contributed by atoms with Crippen LogP contribution in [0.4, 0.5) is 0 Å². The van der Waals surface area contributed by atoms with Crippen LogP contribution >= 0.6 is 0 Å². The van der Waals surface area contributed by atoms with Gasteiger partial charge < -0.3 is 10.4 Å². The molecule has 19 heavy (non-hydrogen) atoms. The molecule has 0 spiro atoms. The third-order valence-corrected chi connectivity index (χ3v) is 4.37. The summed E-state index contributed by atoms with van der Waals surface area (Å²) in [6.45, 7) is 2.40. The highest BCUT2D eigenvalue weighted by atomic mass is 16.3. The third kappa shape index (κ3) is 2.51. The van der Waals surface area contributed by atoms with Crippen LogP contribution in [-0.4, -0.2) is 24.8 Å². The number of piperidine rings is 1. The highest BCUT2D eigenvalue weighted by Crippen LogP contribution is 2.34. The summed E-state index contributed by atoms with van der Waals surface area (Å²) in [6, 6.07) is 14.9. The summed E-state index contributed by atoms with van der Waals surface area (Å²) in [5, 5.41) is 15.8. The van der Waals surface area contributed by atoms with E-state index in [1.165, 1.54) is 16.3 Å². The van der Waals surface area contributed by atoms with Gasteiger partial charge in [-0.05, 0) is 48.2 Å². The van der Waals surface area contributed by atoms with Crippen LogP contribution in [0.3, 0.4) is 0 Å². The Hall–Kier alpha value is -1.38. The van der Waals surface area contributed by atoms with Crippen molar-refractivity contribution >= 4 is 10.8 Å². The standard InChI is InChI=1S/C17H21NO/c19-12-17(14-8-10-18-11-9-14)16-7-3-5-13-4-1-2-6-15(13)16/h1-7,14,17-19H,8-12H2. The molecule has 2 heteroatoms. The van der Waals surface area contributed by atoms with Crippen LogP contribution in [0.5, 0.6) is 0 Å². The van der Waals surface area contributed by atoms with Gasteiger partial charge in [-0.1, -0.05) is 42.5 Å². The summed E-state index contributed by atoms with van der Waals surface area (Å²) in [5.74, 6) is 0.866. The van der Waals surface area contributed by atoms with Gasteiger partial charge in [-0.25, -0.2) is 0 Å². The van der Waals surface area contributed by atoms with E-state index in [0.29, 0.717) is 5.92 Å². The summed E-state index contributed by atoms with van der Waals surface area (Å²) < 4.78 is 0. The van der Waals surface area contributed by atoms with Crippen molar-refractivity contribution in [2.45, 2.75) is 18.8 Å². The Kier molecular flexibility index (Phi) is 3.81. The van der Waals surface area contributed by atoms with Gasteiger partial charge in [0.2, 0.25) is 0 Å². The fourth-order valence-electron chi connectivity index (χ4n) is 3.32. The minimum Gasteiger partial charge on any atom is -0.396 e. The van der Waals surface area contributed by atoms with Crippen molar-refractivity contribution in [3.8, 4) is 0 Å². The highest BCUT2D eigenvalue weighted by Gasteiger charge is 2.25. The Labute approximate surface area is 114 Å². The Morgan fingerprint density at radius 2 is 1.79 bits per heavy atom. The molecule has 2 aromatic carbocycles. The summed E-state index contributed by atoms with van der Waals surface area (Å²) >= 11 is 0. The smallest absolute Gasteiger partial charge is 0.0502 e. The lowest BCUT2D eigenvalue weighted by atomic mass is 9.79. The first-order chi connectivity index (χ1) is 9.40. The maximum absolute atomic E-state index is 9.87. The predicted octanol–water partition coefficient (Wildman–Crippen LogP) is 2.92. The van der Waals surface area contributed by atoms with Gasteiger partial charge in [-0.3, -0.25) is 0 Å². The monoisotopic (exact) mass is 255 g/mol. The van der Waals surface area contributed by atoms with E-state index >= 15 is 0 Å². The van der Waals surface area contributed by atoms with Gasteiger partial charge in [0.05, 0.1) is 6.61 Å². The average Bonchev–Trinajstić information content (AvgIpc) is 2.49. The Bertz CT molecular complexity index is 540.